The molecule has 0 aliphatic carbocycles. The minimum Gasteiger partial charge on any atom is -0.508 e. The fourth-order valence-electron chi connectivity index (χ4n) is 3.16. The van der Waals surface area contributed by atoms with Gasteiger partial charge in [-0.3, -0.25) is 19.2 Å². The van der Waals surface area contributed by atoms with E-state index < -0.39 is 23.8 Å². The fourth-order valence-corrected chi connectivity index (χ4v) is 3.16. The highest BCUT2D eigenvalue weighted by molar-refractivity contribution is 5.92. The first kappa shape index (κ1) is 29.7. The highest BCUT2D eigenvalue weighted by Gasteiger charge is 2.23. The molecule has 0 spiro atoms. The molecule has 0 saturated heterocycles. The van der Waals surface area contributed by atoms with Gasteiger partial charge >= 0.3 is 0 Å². The van der Waals surface area contributed by atoms with E-state index in [1.54, 1.807) is 0 Å². The van der Waals surface area contributed by atoms with Gasteiger partial charge in [-0.1, -0.05) is 6.07 Å². The van der Waals surface area contributed by atoms with E-state index in [4.69, 9.17) is 11.5 Å². The SMILES string of the molecule is NCCCNCCC(=O)NCCCCCNC(=O)[C@H](CC(N)=O)NC(=O)Cc1ccc(O)cc1O. The number of benzene rings is 1. The van der Waals surface area contributed by atoms with Crippen LogP contribution in [-0.4, -0.2) is 72.6 Å². The highest BCUT2D eigenvalue weighted by atomic mass is 16.3. The molecule has 35 heavy (non-hydrogen) atoms. The van der Waals surface area contributed by atoms with Crippen molar-refractivity contribution < 1.29 is 29.4 Å². The number of unbranched alkanes of at least 4 members (excludes halogenated alkanes) is 2. The van der Waals surface area contributed by atoms with Crippen LogP contribution in [0, 0.1) is 0 Å². The molecule has 12 heteroatoms. The normalized spacial score (nSPS) is 11.5. The van der Waals surface area contributed by atoms with Crippen molar-refractivity contribution in [3.8, 4) is 11.5 Å². The molecule has 0 aliphatic rings. The topological polar surface area (TPSA) is 209 Å². The number of amides is 4. The third-order valence-electron chi connectivity index (χ3n) is 5.04. The molecule has 12 nitrogen and oxygen atoms in total. The molecule has 0 saturated carbocycles. The summed E-state index contributed by atoms with van der Waals surface area (Å²) in [6, 6.07) is 2.67. The molecule has 0 aliphatic heterocycles. The van der Waals surface area contributed by atoms with Gasteiger partial charge < -0.3 is 42.9 Å². The number of carbonyl (C=O) groups excluding carboxylic acids is 4. The van der Waals surface area contributed by atoms with E-state index in [1.807, 2.05) is 0 Å². The number of hydrogen-bond acceptors (Lipinski definition) is 8. The van der Waals surface area contributed by atoms with Crippen LogP contribution < -0.4 is 32.7 Å². The summed E-state index contributed by atoms with van der Waals surface area (Å²) in [7, 11) is 0. The third-order valence-corrected chi connectivity index (χ3v) is 5.04. The van der Waals surface area contributed by atoms with E-state index in [1.165, 1.54) is 12.1 Å². The Morgan fingerprint density at radius 2 is 1.60 bits per heavy atom. The van der Waals surface area contributed by atoms with E-state index in [9.17, 15) is 29.4 Å². The quantitative estimate of drug-likeness (QED) is 0.115. The van der Waals surface area contributed by atoms with Crippen LogP contribution in [0.15, 0.2) is 18.2 Å². The van der Waals surface area contributed by atoms with E-state index in [0.717, 1.165) is 31.9 Å². The molecule has 0 bridgehead atoms. The maximum Gasteiger partial charge on any atom is 0.243 e. The van der Waals surface area contributed by atoms with Gasteiger partial charge in [0.2, 0.25) is 23.6 Å². The Kier molecular flexibility index (Phi) is 14.5. The van der Waals surface area contributed by atoms with Crippen LogP contribution in [0.25, 0.3) is 0 Å². The van der Waals surface area contributed by atoms with Crippen LogP contribution in [0.3, 0.4) is 0 Å². The predicted molar refractivity (Wildman–Crippen MR) is 130 cm³/mol. The maximum atomic E-state index is 12.4. The first-order valence-corrected chi connectivity index (χ1v) is 11.8. The zero-order valence-corrected chi connectivity index (χ0v) is 20.0. The minimum absolute atomic E-state index is 0.0239. The van der Waals surface area contributed by atoms with Gasteiger partial charge in [0.05, 0.1) is 12.8 Å². The number of nitrogens with two attached hydrogens (primary N) is 2. The number of phenolic OH excluding ortho intramolecular Hbond substituents is 2. The fraction of sp³-hybridized carbons (Fsp3) is 0.565. The van der Waals surface area contributed by atoms with E-state index in [-0.39, 0.29) is 35.8 Å². The second-order valence-corrected chi connectivity index (χ2v) is 8.12. The molecule has 0 unspecified atom stereocenters. The van der Waals surface area contributed by atoms with Crippen LogP contribution in [0.5, 0.6) is 11.5 Å². The van der Waals surface area contributed by atoms with E-state index in [2.05, 4.69) is 21.3 Å². The summed E-state index contributed by atoms with van der Waals surface area (Å²) < 4.78 is 0. The lowest BCUT2D eigenvalue weighted by atomic mass is 10.1. The molecule has 0 radical (unpaired) electrons. The Hall–Kier alpha value is -3.38. The number of phenols is 2. The van der Waals surface area contributed by atoms with Crippen LogP contribution in [0.2, 0.25) is 0 Å². The minimum atomic E-state index is -1.14. The number of rotatable bonds is 18. The smallest absolute Gasteiger partial charge is 0.243 e. The second-order valence-electron chi connectivity index (χ2n) is 8.12. The summed E-state index contributed by atoms with van der Waals surface area (Å²) >= 11 is 0. The van der Waals surface area contributed by atoms with Crippen LogP contribution in [0.1, 0.15) is 44.1 Å². The van der Waals surface area contributed by atoms with Crippen molar-refractivity contribution in [2.75, 3.05) is 32.7 Å². The standard InChI is InChI=1S/C23H38N6O6/c24-8-4-9-26-12-7-21(33)27-10-2-1-3-11-28-23(35)18(15-20(25)32)29-22(34)13-16-5-6-17(30)14-19(16)31/h5-6,14,18,26,30-31H,1-4,7-13,15,24H2,(H2,25,32)(H,27,33)(H,28,35)(H,29,34)/t18-/m0/s1. The molecule has 0 fully saturated rings. The molecule has 1 atom stereocenters. The van der Waals surface area contributed by atoms with Gasteiger partial charge in [-0.05, 0) is 44.8 Å². The molecular formula is C23H38N6O6. The average Bonchev–Trinajstić information content (AvgIpc) is 2.79. The highest BCUT2D eigenvalue weighted by Crippen LogP contribution is 2.22. The zero-order chi connectivity index (χ0) is 26.1. The van der Waals surface area contributed by atoms with Gasteiger partial charge in [-0.2, -0.15) is 0 Å². The number of nitrogens with one attached hydrogen (secondary N) is 4. The molecular weight excluding hydrogens is 456 g/mol. The maximum absolute atomic E-state index is 12.4. The lowest BCUT2D eigenvalue weighted by molar-refractivity contribution is -0.131. The Bertz CT molecular complexity index is 835. The van der Waals surface area contributed by atoms with E-state index >= 15 is 0 Å². The van der Waals surface area contributed by atoms with Crippen LogP contribution in [-0.2, 0) is 25.6 Å². The third kappa shape index (κ3) is 13.8. The van der Waals surface area contributed by atoms with Crippen molar-refractivity contribution in [3.63, 3.8) is 0 Å². The van der Waals surface area contributed by atoms with Gasteiger partial charge in [0, 0.05) is 37.7 Å². The van der Waals surface area contributed by atoms with Gasteiger partial charge in [0.15, 0.2) is 0 Å². The zero-order valence-electron chi connectivity index (χ0n) is 20.0. The first-order chi connectivity index (χ1) is 16.7. The molecule has 1 aromatic carbocycles. The lowest BCUT2D eigenvalue weighted by Gasteiger charge is -2.17. The number of carbonyl (C=O) groups is 4. The summed E-state index contributed by atoms with van der Waals surface area (Å²) in [6.07, 6.45) is 2.83. The van der Waals surface area contributed by atoms with Crippen LogP contribution >= 0.6 is 0 Å². The molecule has 1 rings (SSSR count). The number of aromatic hydroxyl groups is 2. The van der Waals surface area contributed by atoms with E-state index in [0.29, 0.717) is 39.0 Å². The monoisotopic (exact) mass is 494 g/mol. The Morgan fingerprint density at radius 3 is 2.26 bits per heavy atom. The van der Waals surface area contributed by atoms with Crippen LogP contribution in [0.4, 0.5) is 0 Å². The lowest BCUT2D eigenvalue weighted by Crippen LogP contribution is -2.49. The van der Waals surface area contributed by atoms with Crippen molar-refractivity contribution in [2.24, 2.45) is 11.5 Å². The molecule has 1 aromatic rings. The van der Waals surface area contributed by atoms with Crippen molar-refractivity contribution in [1.82, 2.24) is 21.3 Å². The van der Waals surface area contributed by atoms with Gasteiger partial charge in [-0.15, -0.1) is 0 Å². The summed E-state index contributed by atoms with van der Waals surface area (Å²) in [5, 5.41) is 30.2. The van der Waals surface area contributed by atoms with Crippen molar-refractivity contribution in [2.45, 2.75) is 51.0 Å². The average molecular weight is 495 g/mol. The Labute approximate surface area is 205 Å². The van der Waals surface area contributed by atoms with Gasteiger partial charge in [-0.25, -0.2) is 0 Å². The van der Waals surface area contributed by atoms with Crippen molar-refractivity contribution >= 4 is 23.6 Å². The summed E-state index contributed by atoms with van der Waals surface area (Å²) in [4.78, 5) is 47.8. The summed E-state index contributed by atoms with van der Waals surface area (Å²) in [5.74, 6) is -2.30. The largest absolute Gasteiger partial charge is 0.508 e. The number of primary amides is 1. The summed E-state index contributed by atoms with van der Waals surface area (Å²) in [6.45, 7) is 2.90. The molecule has 0 aromatic heterocycles. The van der Waals surface area contributed by atoms with Gasteiger partial charge in [0.1, 0.15) is 17.5 Å². The van der Waals surface area contributed by atoms with Crippen molar-refractivity contribution in [1.29, 1.82) is 0 Å². The molecule has 4 amide bonds. The number of hydrogen-bond donors (Lipinski definition) is 8. The molecule has 196 valence electrons. The van der Waals surface area contributed by atoms with Gasteiger partial charge in [0.25, 0.3) is 0 Å². The Balaban J connectivity index is 2.29. The predicted octanol–water partition coefficient (Wildman–Crippen LogP) is -1.27. The Morgan fingerprint density at radius 1 is 0.886 bits per heavy atom. The summed E-state index contributed by atoms with van der Waals surface area (Å²) in [5.41, 5.74) is 10.9. The first-order valence-electron chi connectivity index (χ1n) is 11.8. The molecule has 0 heterocycles. The molecule has 10 N–H and O–H groups in total. The van der Waals surface area contributed by atoms with Crippen molar-refractivity contribution in [3.05, 3.63) is 23.8 Å². The second kappa shape index (κ2) is 17.1.